The first kappa shape index (κ1) is 11.5. The first-order chi connectivity index (χ1) is 6.44. The van der Waals surface area contributed by atoms with Gasteiger partial charge in [-0.05, 0) is 27.2 Å². The number of rotatable bonds is 3. The lowest BCUT2D eigenvalue weighted by Gasteiger charge is -2.16. The van der Waals surface area contributed by atoms with Crippen LogP contribution in [0.2, 0.25) is 0 Å². The van der Waals surface area contributed by atoms with E-state index in [1.54, 1.807) is 0 Å². The van der Waals surface area contributed by atoms with Gasteiger partial charge < -0.3 is 14.2 Å². The van der Waals surface area contributed by atoms with E-state index in [4.69, 9.17) is 9.47 Å². The zero-order valence-corrected chi connectivity index (χ0v) is 9.20. The standard InChI is InChI=1S/C10H18O4/c1-7-8(5-6-9(11)12-4)14-10(2,3)13-7/h7-8H,5-6H2,1-4H3. The Morgan fingerprint density at radius 1 is 1.43 bits per heavy atom. The summed E-state index contributed by atoms with van der Waals surface area (Å²) in [6.45, 7) is 5.71. The summed E-state index contributed by atoms with van der Waals surface area (Å²) >= 11 is 0. The van der Waals surface area contributed by atoms with Crippen molar-refractivity contribution in [3.63, 3.8) is 0 Å². The molecule has 4 nitrogen and oxygen atoms in total. The topological polar surface area (TPSA) is 44.8 Å². The summed E-state index contributed by atoms with van der Waals surface area (Å²) in [6.07, 6.45) is 1.06. The highest BCUT2D eigenvalue weighted by Crippen LogP contribution is 2.30. The van der Waals surface area contributed by atoms with Gasteiger partial charge in [-0.2, -0.15) is 0 Å². The van der Waals surface area contributed by atoms with Crippen molar-refractivity contribution in [1.82, 2.24) is 0 Å². The van der Waals surface area contributed by atoms with Crippen LogP contribution in [0.25, 0.3) is 0 Å². The molecule has 0 amide bonds. The number of hydrogen-bond acceptors (Lipinski definition) is 4. The van der Waals surface area contributed by atoms with Gasteiger partial charge in [0.1, 0.15) is 0 Å². The van der Waals surface area contributed by atoms with Gasteiger partial charge in [-0.1, -0.05) is 0 Å². The third-order valence-electron chi connectivity index (χ3n) is 2.29. The van der Waals surface area contributed by atoms with E-state index in [1.165, 1.54) is 7.11 Å². The molecule has 82 valence electrons. The number of ether oxygens (including phenoxy) is 3. The lowest BCUT2D eigenvalue weighted by molar-refractivity contribution is -0.149. The van der Waals surface area contributed by atoms with Gasteiger partial charge in [0.2, 0.25) is 0 Å². The van der Waals surface area contributed by atoms with E-state index in [2.05, 4.69) is 4.74 Å². The Labute approximate surface area is 84.5 Å². The molecule has 0 aliphatic carbocycles. The van der Waals surface area contributed by atoms with Crippen molar-refractivity contribution in [3.05, 3.63) is 0 Å². The molecule has 2 unspecified atom stereocenters. The number of carbonyl (C=O) groups is 1. The first-order valence-electron chi connectivity index (χ1n) is 4.87. The zero-order valence-electron chi connectivity index (χ0n) is 9.20. The molecule has 4 heteroatoms. The molecule has 1 rings (SSSR count). The van der Waals surface area contributed by atoms with Crippen LogP contribution < -0.4 is 0 Å². The van der Waals surface area contributed by atoms with Crippen LogP contribution in [0.15, 0.2) is 0 Å². The Morgan fingerprint density at radius 2 is 2.07 bits per heavy atom. The Kier molecular flexibility index (Phi) is 3.50. The molecule has 0 spiro atoms. The summed E-state index contributed by atoms with van der Waals surface area (Å²) in [6, 6.07) is 0. The minimum atomic E-state index is -0.528. The van der Waals surface area contributed by atoms with Crippen LogP contribution in [-0.4, -0.2) is 31.1 Å². The molecule has 0 saturated carbocycles. The van der Waals surface area contributed by atoms with Crippen LogP contribution in [0.5, 0.6) is 0 Å². The fourth-order valence-electron chi connectivity index (χ4n) is 1.67. The van der Waals surface area contributed by atoms with Crippen LogP contribution >= 0.6 is 0 Å². The smallest absolute Gasteiger partial charge is 0.305 e. The van der Waals surface area contributed by atoms with Crippen molar-refractivity contribution in [3.8, 4) is 0 Å². The summed E-state index contributed by atoms with van der Waals surface area (Å²) in [5, 5.41) is 0. The lowest BCUT2D eigenvalue weighted by Crippen LogP contribution is -2.22. The monoisotopic (exact) mass is 202 g/mol. The van der Waals surface area contributed by atoms with Gasteiger partial charge in [0.15, 0.2) is 5.79 Å². The molecule has 14 heavy (non-hydrogen) atoms. The molecule has 0 aromatic rings. The molecule has 1 heterocycles. The maximum atomic E-state index is 10.9. The second-order valence-corrected chi connectivity index (χ2v) is 3.99. The number of hydrogen-bond donors (Lipinski definition) is 0. The SMILES string of the molecule is COC(=O)CCC1OC(C)(C)OC1C. The second kappa shape index (κ2) is 4.28. The average molecular weight is 202 g/mol. The van der Waals surface area contributed by atoms with E-state index in [1.807, 2.05) is 20.8 Å². The predicted molar refractivity (Wildman–Crippen MR) is 50.7 cm³/mol. The third-order valence-corrected chi connectivity index (χ3v) is 2.29. The number of esters is 1. The van der Waals surface area contributed by atoms with Crippen LogP contribution in [0.4, 0.5) is 0 Å². The van der Waals surface area contributed by atoms with Crippen LogP contribution in [-0.2, 0) is 19.0 Å². The molecule has 1 aliphatic heterocycles. The maximum absolute atomic E-state index is 10.9. The molecule has 0 radical (unpaired) electrons. The van der Waals surface area contributed by atoms with E-state index in [9.17, 15) is 4.79 Å². The van der Waals surface area contributed by atoms with Crippen molar-refractivity contribution in [2.24, 2.45) is 0 Å². The van der Waals surface area contributed by atoms with Crippen molar-refractivity contribution >= 4 is 5.97 Å². The average Bonchev–Trinajstić information content (AvgIpc) is 2.35. The molecule has 2 atom stereocenters. The fraction of sp³-hybridized carbons (Fsp3) is 0.900. The van der Waals surface area contributed by atoms with Crippen molar-refractivity contribution in [1.29, 1.82) is 0 Å². The molecule has 0 aromatic heterocycles. The fourth-order valence-corrected chi connectivity index (χ4v) is 1.67. The van der Waals surface area contributed by atoms with Crippen molar-refractivity contribution in [2.45, 2.75) is 51.6 Å². The molecule has 1 saturated heterocycles. The van der Waals surface area contributed by atoms with Gasteiger partial charge in [0.05, 0.1) is 19.3 Å². The number of carbonyl (C=O) groups excluding carboxylic acids is 1. The van der Waals surface area contributed by atoms with Gasteiger partial charge in [-0.15, -0.1) is 0 Å². The number of methoxy groups -OCH3 is 1. The maximum Gasteiger partial charge on any atom is 0.305 e. The zero-order chi connectivity index (χ0) is 10.8. The van der Waals surface area contributed by atoms with Crippen molar-refractivity contribution < 1.29 is 19.0 Å². The third kappa shape index (κ3) is 2.96. The molecular weight excluding hydrogens is 184 g/mol. The summed E-state index contributed by atoms with van der Waals surface area (Å²) in [5.74, 6) is -0.731. The quantitative estimate of drug-likeness (QED) is 0.650. The van der Waals surface area contributed by atoms with Gasteiger partial charge >= 0.3 is 5.97 Å². The minimum absolute atomic E-state index is 0.0101. The van der Waals surface area contributed by atoms with E-state index in [-0.39, 0.29) is 18.2 Å². The van der Waals surface area contributed by atoms with Crippen LogP contribution in [0, 0.1) is 0 Å². The Bertz CT molecular complexity index is 212. The van der Waals surface area contributed by atoms with Gasteiger partial charge in [-0.25, -0.2) is 0 Å². The summed E-state index contributed by atoms with van der Waals surface area (Å²) in [5.41, 5.74) is 0. The molecule has 0 bridgehead atoms. The lowest BCUT2D eigenvalue weighted by atomic mass is 10.1. The Hall–Kier alpha value is -0.610. The molecule has 1 aliphatic rings. The highest BCUT2D eigenvalue weighted by Gasteiger charge is 2.38. The van der Waals surface area contributed by atoms with E-state index < -0.39 is 5.79 Å². The molecular formula is C10H18O4. The van der Waals surface area contributed by atoms with Gasteiger partial charge in [0.25, 0.3) is 0 Å². The van der Waals surface area contributed by atoms with E-state index >= 15 is 0 Å². The minimum Gasteiger partial charge on any atom is -0.469 e. The Morgan fingerprint density at radius 3 is 2.50 bits per heavy atom. The van der Waals surface area contributed by atoms with Crippen LogP contribution in [0.1, 0.15) is 33.6 Å². The highest BCUT2D eigenvalue weighted by molar-refractivity contribution is 5.69. The summed E-state index contributed by atoms with van der Waals surface area (Å²) < 4.78 is 15.7. The summed E-state index contributed by atoms with van der Waals surface area (Å²) in [7, 11) is 1.39. The van der Waals surface area contributed by atoms with E-state index in [0.29, 0.717) is 12.8 Å². The largest absolute Gasteiger partial charge is 0.469 e. The van der Waals surface area contributed by atoms with E-state index in [0.717, 1.165) is 0 Å². The second-order valence-electron chi connectivity index (χ2n) is 3.99. The summed E-state index contributed by atoms with van der Waals surface area (Å²) in [4.78, 5) is 10.9. The van der Waals surface area contributed by atoms with Gasteiger partial charge in [-0.3, -0.25) is 4.79 Å². The van der Waals surface area contributed by atoms with Crippen molar-refractivity contribution in [2.75, 3.05) is 7.11 Å². The normalized spacial score (nSPS) is 30.3. The predicted octanol–water partition coefficient (Wildman–Crippen LogP) is 1.48. The first-order valence-corrected chi connectivity index (χ1v) is 4.87. The molecule has 0 N–H and O–H groups in total. The van der Waals surface area contributed by atoms with Crippen LogP contribution in [0.3, 0.4) is 0 Å². The Balaban J connectivity index is 2.36. The van der Waals surface area contributed by atoms with Gasteiger partial charge in [0, 0.05) is 6.42 Å². The highest BCUT2D eigenvalue weighted by atomic mass is 16.7. The molecule has 1 fully saturated rings. The molecule has 0 aromatic carbocycles.